The summed E-state index contributed by atoms with van der Waals surface area (Å²) in [5.41, 5.74) is 1.77. The number of nitrogens with zero attached hydrogens (tertiary/aromatic N) is 1. The average Bonchev–Trinajstić information content (AvgIpc) is 2.68. The molecular weight excluding hydrogens is 312 g/mol. The van der Waals surface area contributed by atoms with E-state index in [1.54, 1.807) is 0 Å². The van der Waals surface area contributed by atoms with Crippen LogP contribution in [0.25, 0.3) is 0 Å². The van der Waals surface area contributed by atoms with E-state index >= 15 is 0 Å². The molecule has 25 heavy (non-hydrogen) atoms. The first kappa shape index (κ1) is 17.9. The minimum absolute atomic E-state index is 0.0125. The zero-order chi connectivity index (χ0) is 17.5. The number of Topliss-reactive ketones (excluding diaryl/α,β-unsaturated/α-hetero) is 1. The van der Waals surface area contributed by atoms with Crippen molar-refractivity contribution in [1.29, 1.82) is 0 Å². The minimum atomic E-state index is 0.0125. The van der Waals surface area contributed by atoms with Crippen molar-refractivity contribution in [1.82, 2.24) is 10.2 Å². The Bertz CT molecular complexity index is 616. The molecule has 1 fully saturated rings. The van der Waals surface area contributed by atoms with Crippen molar-refractivity contribution in [3.63, 3.8) is 0 Å². The third-order valence-corrected chi connectivity index (χ3v) is 5.26. The Kier molecular flexibility index (Phi) is 6.40. The summed E-state index contributed by atoms with van der Waals surface area (Å²) >= 11 is 0. The van der Waals surface area contributed by atoms with E-state index in [4.69, 9.17) is 0 Å². The molecule has 0 unspecified atom stereocenters. The molecule has 1 amide bonds. The highest BCUT2D eigenvalue weighted by Gasteiger charge is 2.22. The third-order valence-electron chi connectivity index (χ3n) is 5.26. The molecule has 4 nitrogen and oxygen atoms in total. The zero-order valence-corrected chi connectivity index (χ0v) is 14.9. The van der Waals surface area contributed by atoms with Gasteiger partial charge < -0.3 is 10.2 Å². The van der Waals surface area contributed by atoms with Crippen molar-refractivity contribution in [3.05, 3.63) is 47.5 Å². The van der Waals surface area contributed by atoms with Gasteiger partial charge in [-0.25, -0.2) is 0 Å². The number of hydrogen-bond acceptors (Lipinski definition) is 3. The molecule has 3 rings (SSSR count). The van der Waals surface area contributed by atoms with E-state index in [9.17, 15) is 9.59 Å². The van der Waals surface area contributed by atoms with E-state index in [1.165, 1.54) is 6.42 Å². The van der Waals surface area contributed by atoms with Crippen molar-refractivity contribution in [3.8, 4) is 0 Å². The summed E-state index contributed by atoms with van der Waals surface area (Å²) in [4.78, 5) is 26.8. The standard InChI is InChI=1S/C21H28N2O2/c24-20(17-7-3-1-4-8-17)13-16-23-14-11-19(12-15-23)22-21(25)18-9-5-2-6-10-18/h2,5-7,9-10,19H,1,3-4,8,11-16H2,(H,22,25). The predicted octanol–water partition coefficient (Wildman–Crippen LogP) is 3.34. The van der Waals surface area contributed by atoms with Gasteiger partial charge in [0.15, 0.2) is 5.78 Å². The molecule has 1 heterocycles. The molecule has 1 aromatic carbocycles. The number of rotatable bonds is 6. The number of benzene rings is 1. The Hall–Kier alpha value is -1.94. The maximum absolute atomic E-state index is 12.3. The summed E-state index contributed by atoms with van der Waals surface area (Å²) in [5, 5.41) is 3.13. The number of carbonyl (C=O) groups excluding carboxylic acids is 2. The molecule has 1 aromatic rings. The lowest BCUT2D eigenvalue weighted by Gasteiger charge is -2.32. The molecule has 0 atom stereocenters. The summed E-state index contributed by atoms with van der Waals surface area (Å²) in [7, 11) is 0. The number of ketones is 1. The zero-order valence-electron chi connectivity index (χ0n) is 14.9. The second-order valence-corrected chi connectivity index (χ2v) is 7.10. The van der Waals surface area contributed by atoms with E-state index in [-0.39, 0.29) is 11.9 Å². The van der Waals surface area contributed by atoms with Crippen LogP contribution in [-0.4, -0.2) is 42.3 Å². The molecular formula is C21H28N2O2. The van der Waals surface area contributed by atoms with Gasteiger partial charge in [-0.3, -0.25) is 9.59 Å². The number of carbonyl (C=O) groups is 2. The van der Waals surface area contributed by atoms with Crippen molar-refractivity contribution in [2.75, 3.05) is 19.6 Å². The van der Waals surface area contributed by atoms with Crippen molar-refractivity contribution in [2.24, 2.45) is 0 Å². The van der Waals surface area contributed by atoms with Crippen LogP contribution in [0.4, 0.5) is 0 Å². The first-order valence-corrected chi connectivity index (χ1v) is 9.53. The number of amides is 1. The molecule has 134 valence electrons. The van der Waals surface area contributed by atoms with Gasteiger partial charge in [0.2, 0.25) is 0 Å². The molecule has 4 heteroatoms. The van der Waals surface area contributed by atoms with Gasteiger partial charge in [0.1, 0.15) is 0 Å². The number of allylic oxidation sites excluding steroid dienone is 2. The number of nitrogens with one attached hydrogen (secondary N) is 1. The predicted molar refractivity (Wildman–Crippen MR) is 99.5 cm³/mol. The van der Waals surface area contributed by atoms with Crippen molar-refractivity contribution >= 4 is 11.7 Å². The highest BCUT2D eigenvalue weighted by atomic mass is 16.1. The molecule has 1 saturated heterocycles. The van der Waals surface area contributed by atoms with E-state index in [1.807, 2.05) is 30.3 Å². The monoisotopic (exact) mass is 340 g/mol. The van der Waals surface area contributed by atoms with Crippen molar-refractivity contribution < 1.29 is 9.59 Å². The Morgan fingerprint density at radius 3 is 2.52 bits per heavy atom. The fourth-order valence-electron chi connectivity index (χ4n) is 3.67. The largest absolute Gasteiger partial charge is 0.349 e. The number of likely N-dealkylation sites (tertiary alicyclic amines) is 1. The fourth-order valence-corrected chi connectivity index (χ4v) is 3.67. The SMILES string of the molecule is O=C(CCN1CCC(NC(=O)c2ccccc2)CC1)C1=CCCCC1. The van der Waals surface area contributed by atoms with Gasteiger partial charge in [-0.15, -0.1) is 0 Å². The Morgan fingerprint density at radius 1 is 1.08 bits per heavy atom. The molecule has 0 bridgehead atoms. The summed E-state index contributed by atoms with van der Waals surface area (Å²) in [6.07, 6.45) is 9.08. The van der Waals surface area contributed by atoms with E-state index in [0.29, 0.717) is 12.2 Å². The molecule has 0 spiro atoms. The lowest BCUT2D eigenvalue weighted by atomic mass is 9.95. The molecule has 0 aromatic heterocycles. The van der Waals surface area contributed by atoms with Crippen LogP contribution in [0.2, 0.25) is 0 Å². The van der Waals surface area contributed by atoms with Crippen LogP contribution in [-0.2, 0) is 4.79 Å². The molecule has 1 aliphatic heterocycles. The minimum Gasteiger partial charge on any atom is -0.349 e. The molecule has 2 aliphatic rings. The lowest BCUT2D eigenvalue weighted by Crippen LogP contribution is -2.45. The van der Waals surface area contributed by atoms with E-state index in [2.05, 4.69) is 16.3 Å². The normalized spacial score (nSPS) is 19.3. The summed E-state index contributed by atoms with van der Waals surface area (Å²) in [6, 6.07) is 9.61. The fraction of sp³-hybridized carbons (Fsp3) is 0.524. The number of piperidine rings is 1. The van der Waals surface area contributed by atoms with Gasteiger partial charge in [-0.05, 0) is 56.2 Å². The second kappa shape index (κ2) is 8.95. The lowest BCUT2D eigenvalue weighted by molar-refractivity contribution is -0.116. The van der Waals surface area contributed by atoms with Crippen LogP contribution in [0.15, 0.2) is 42.0 Å². The van der Waals surface area contributed by atoms with Crippen LogP contribution in [0.1, 0.15) is 55.3 Å². The molecule has 1 N–H and O–H groups in total. The number of hydrogen-bond donors (Lipinski definition) is 1. The Labute approximate surface area is 150 Å². The van der Waals surface area contributed by atoms with Crippen LogP contribution in [0.3, 0.4) is 0 Å². The van der Waals surface area contributed by atoms with Gasteiger partial charge >= 0.3 is 0 Å². The highest BCUT2D eigenvalue weighted by molar-refractivity contribution is 5.95. The smallest absolute Gasteiger partial charge is 0.251 e. The first-order chi connectivity index (χ1) is 12.2. The van der Waals surface area contributed by atoms with Gasteiger partial charge in [0.05, 0.1) is 0 Å². The van der Waals surface area contributed by atoms with Crippen LogP contribution < -0.4 is 5.32 Å². The van der Waals surface area contributed by atoms with Gasteiger partial charge in [0.25, 0.3) is 5.91 Å². The highest BCUT2D eigenvalue weighted by Crippen LogP contribution is 2.20. The Morgan fingerprint density at radius 2 is 1.84 bits per heavy atom. The van der Waals surface area contributed by atoms with E-state index in [0.717, 1.165) is 62.9 Å². The summed E-state index contributed by atoms with van der Waals surface area (Å²) in [6.45, 7) is 2.74. The average molecular weight is 340 g/mol. The summed E-state index contributed by atoms with van der Waals surface area (Å²) < 4.78 is 0. The maximum atomic E-state index is 12.3. The topological polar surface area (TPSA) is 49.4 Å². The first-order valence-electron chi connectivity index (χ1n) is 9.53. The molecule has 1 aliphatic carbocycles. The van der Waals surface area contributed by atoms with Gasteiger partial charge in [-0.1, -0.05) is 24.3 Å². The second-order valence-electron chi connectivity index (χ2n) is 7.10. The molecule has 0 saturated carbocycles. The maximum Gasteiger partial charge on any atom is 0.251 e. The van der Waals surface area contributed by atoms with Crippen molar-refractivity contribution in [2.45, 2.75) is 51.0 Å². The van der Waals surface area contributed by atoms with Crippen LogP contribution >= 0.6 is 0 Å². The van der Waals surface area contributed by atoms with Crippen LogP contribution in [0, 0.1) is 0 Å². The van der Waals surface area contributed by atoms with Gasteiger partial charge in [0, 0.05) is 37.7 Å². The molecule has 0 radical (unpaired) electrons. The van der Waals surface area contributed by atoms with E-state index < -0.39 is 0 Å². The summed E-state index contributed by atoms with van der Waals surface area (Å²) in [5.74, 6) is 0.345. The Balaban J connectivity index is 1.38. The quantitative estimate of drug-likeness (QED) is 0.864. The van der Waals surface area contributed by atoms with Gasteiger partial charge in [-0.2, -0.15) is 0 Å². The van der Waals surface area contributed by atoms with Crippen LogP contribution in [0.5, 0.6) is 0 Å². The third kappa shape index (κ3) is 5.27.